The first kappa shape index (κ1) is 18.5. The van der Waals surface area contributed by atoms with Crippen LogP contribution in [0.4, 0.5) is 10.1 Å². The third-order valence-corrected chi connectivity index (χ3v) is 5.05. The van der Waals surface area contributed by atoms with Gasteiger partial charge in [-0.3, -0.25) is 4.68 Å². The molecule has 0 bridgehead atoms. The monoisotopic (exact) mass is 398 g/mol. The molecular weight excluding hydrogens is 379 g/mol. The summed E-state index contributed by atoms with van der Waals surface area (Å²) in [6.07, 6.45) is 5.79. The molecule has 1 aromatic carbocycles. The van der Waals surface area contributed by atoms with Crippen molar-refractivity contribution in [3.05, 3.63) is 60.7 Å². The van der Waals surface area contributed by atoms with E-state index in [-0.39, 0.29) is 6.61 Å². The highest BCUT2D eigenvalue weighted by Crippen LogP contribution is 2.28. The van der Waals surface area contributed by atoms with Crippen LogP contribution < -0.4 is 4.72 Å². The molecule has 0 aliphatic carbocycles. The van der Waals surface area contributed by atoms with Gasteiger partial charge in [0.1, 0.15) is 6.17 Å². The molecular formula is C19H19FN6OS. The fraction of sp³-hybridized carbons (Fsp3) is 0.211. The maximum absolute atomic E-state index is 14.1. The summed E-state index contributed by atoms with van der Waals surface area (Å²) in [7, 11) is 3.39. The van der Waals surface area contributed by atoms with Crippen LogP contribution in [0.1, 0.15) is 11.7 Å². The fourth-order valence-electron chi connectivity index (χ4n) is 2.91. The number of anilines is 1. The van der Waals surface area contributed by atoms with Crippen molar-refractivity contribution in [3.63, 3.8) is 0 Å². The van der Waals surface area contributed by atoms with Crippen molar-refractivity contribution < 1.29 is 9.13 Å². The Labute approximate surface area is 165 Å². The molecule has 7 nitrogen and oxygen atoms in total. The third kappa shape index (κ3) is 3.71. The summed E-state index contributed by atoms with van der Waals surface area (Å²) >= 11 is 1.44. The van der Waals surface area contributed by atoms with Crippen molar-refractivity contribution in [2.24, 2.45) is 7.05 Å². The lowest BCUT2D eigenvalue weighted by atomic mass is 10.2. The molecule has 0 aliphatic heterocycles. The smallest absolute Gasteiger partial charge is 0.153 e. The zero-order valence-electron chi connectivity index (χ0n) is 15.4. The summed E-state index contributed by atoms with van der Waals surface area (Å²) in [5, 5.41) is 9.70. The van der Waals surface area contributed by atoms with E-state index in [2.05, 4.69) is 19.9 Å². The molecule has 4 aromatic rings. The van der Waals surface area contributed by atoms with E-state index in [4.69, 9.17) is 4.74 Å². The van der Waals surface area contributed by atoms with Gasteiger partial charge in [0, 0.05) is 31.9 Å². The van der Waals surface area contributed by atoms with Crippen LogP contribution in [-0.2, 0) is 11.8 Å². The normalized spacial score (nSPS) is 12.4. The van der Waals surface area contributed by atoms with E-state index in [1.807, 2.05) is 42.3 Å². The molecule has 3 aromatic heterocycles. The van der Waals surface area contributed by atoms with Crippen molar-refractivity contribution in [2.45, 2.75) is 11.1 Å². The molecule has 9 heteroatoms. The highest BCUT2D eigenvalue weighted by molar-refractivity contribution is 8.00. The Kier molecular flexibility index (Phi) is 5.27. The molecule has 28 heavy (non-hydrogen) atoms. The minimum Gasteiger partial charge on any atom is -0.381 e. The summed E-state index contributed by atoms with van der Waals surface area (Å²) in [6.45, 7) is 0.00708. The molecule has 0 saturated carbocycles. The van der Waals surface area contributed by atoms with Gasteiger partial charge in [0.15, 0.2) is 5.82 Å². The molecule has 144 valence electrons. The Morgan fingerprint density at radius 2 is 2.14 bits per heavy atom. The number of hydrogen-bond donors (Lipinski definition) is 1. The van der Waals surface area contributed by atoms with E-state index in [0.29, 0.717) is 11.4 Å². The summed E-state index contributed by atoms with van der Waals surface area (Å²) < 4.78 is 25.8. The highest BCUT2D eigenvalue weighted by atomic mass is 32.2. The van der Waals surface area contributed by atoms with Crippen LogP contribution in [0, 0.1) is 0 Å². The molecule has 0 fully saturated rings. The highest BCUT2D eigenvalue weighted by Gasteiger charge is 2.12. The standard InChI is InChI=1S/C19H19FN6OS/c1-25-19-14(9-22-25)4-3-5-17(19)24-28-15-10-23-26(11-15)18-8-13(6-7-21-18)16(20)12-27-2/h3-11,16,24H,12H2,1-2H3. The maximum Gasteiger partial charge on any atom is 0.153 e. The van der Waals surface area contributed by atoms with E-state index < -0.39 is 6.17 Å². The number of aromatic nitrogens is 5. The van der Waals surface area contributed by atoms with Gasteiger partial charge in [-0.05, 0) is 35.7 Å². The number of alkyl halides is 1. The number of aryl methyl sites for hydroxylation is 1. The molecule has 1 N–H and O–H groups in total. The number of pyridine rings is 1. The Bertz CT molecular complexity index is 1090. The molecule has 0 aliphatic rings. The Hall–Kier alpha value is -2.91. The van der Waals surface area contributed by atoms with Gasteiger partial charge in [-0.25, -0.2) is 14.1 Å². The van der Waals surface area contributed by atoms with Crippen molar-refractivity contribution in [1.82, 2.24) is 24.5 Å². The average molecular weight is 398 g/mol. The largest absolute Gasteiger partial charge is 0.381 e. The van der Waals surface area contributed by atoms with E-state index in [1.165, 1.54) is 19.1 Å². The number of rotatable bonds is 7. The van der Waals surface area contributed by atoms with Crippen LogP contribution in [0.25, 0.3) is 16.7 Å². The predicted octanol–water partition coefficient (Wildman–Crippen LogP) is 3.93. The Morgan fingerprint density at radius 3 is 3.00 bits per heavy atom. The number of halogens is 1. The number of ether oxygens (including phenoxy) is 1. The van der Waals surface area contributed by atoms with Gasteiger partial charge in [0.25, 0.3) is 0 Å². The van der Waals surface area contributed by atoms with Gasteiger partial charge >= 0.3 is 0 Å². The molecule has 0 amide bonds. The summed E-state index contributed by atoms with van der Waals surface area (Å²) in [6, 6.07) is 9.33. The van der Waals surface area contributed by atoms with E-state index in [1.54, 1.807) is 29.2 Å². The summed E-state index contributed by atoms with van der Waals surface area (Å²) in [5.74, 6) is 0.553. The van der Waals surface area contributed by atoms with E-state index in [0.717, 1.165) is 21.5 Å². The van der Waals surface area contributed by atoms with Crippen LogP contribution in [-0.4, -0.2) is 38.3 Å². The number of hydrogen-bond acceptors (Lipinski definition) is 6. The Morgan fingerprint density at radius 1 is 1.25 bits per heavy atom. The first-order valence-electron chi connectivity index (χ1n) is 8.63. The zero-order chi connectivity index (χ0) is 19.5. The first-order valence-corrected chi connectivity index (χ1v) is 9.45. The number of methoxy groups -OCH3 is 1. The van der Waals surface area contributed by atoms with Crippen LogP contribution >= 0.6 is 11.9 Å². The second-order valence-electron chi connectivity index (χ2n) is 6.21. The molecule has 1 unspecified atom stereocenters. The summed E-state index contributed by atoms with van der Waals surface area (Å²) in [4.78, 5) is 5.18. The minimum absolute atomic E-state index is 0.00708. The number of nitrogens with zero attached hydrogens (tertiary/aromatic N) is 5. The number of nitrogens with one attached hydrogen (secondary N) is 1. The molecule has 0 spiro atoms. The molecule has 1 atom stereocenters. The maximum atomic E-state index is 14.1. The number of fused-ring (bicyclic) bond motifs is 1. The second-order valence-corrected chi connectivity index (χ2v) is 7.09. The molecule has 4 rings (SSSR count). The van der Waals surface area contributed by atoms with Gasteiger partial charge in [-0.15, -0.1) is 0 Å². The lowest BCUT2D eigenvalue weighted by molar-refractivity contribution is 0.124. The third-order valence-electron chi connectivity index (χ3n) is 4.28. The van der Waals surface area contributed by atoms with Crippen LogP contribution in [0.15, 0.2) is 60.0 Å². The van der Waals surface area contributed by atoms with E-state index in [9.17, 15) is 4.39 Å². The van der Waals surface area contributed by atoms with Crippen molar-refractivity contribution in [3.8, 4) is 5.82 Å². The van der Waals surface area contributed by atoms with E-state index >= 15 is 0 Å². The van der Waals surface area contributed by atoms with Gasteiger partial charge in [0.05, 0.1) is 35.1 Å². The Balaban J connectivity index is 1.50. The van der Waals surface area contributed by atoms with Crippen molar-refractivity contribution in [1.29, 1.82) is 0 Å². The zero-order valence-corrected chi connectivity index (χ0v) is 16.2. The number of para-hydroxylation sites is 1. The van der Waals surface area contributed by atoms with Crippen LogP contribution in [0.3, 0.4) is 0 Å². The van der Waals surface area contributed by atoms with Gasteiger partial charge in [-0.2, -0.15) is 10.2 Å². The van der Waals surface area contributed by atoms with Crippen LogP contribution in [0.5, 0.6) is 0 Å². The van der Waals surface area contributed by atoms with Crippen molar-refractivity contribution in [2.75, 3.05) is 18.4 Å². The average Bonchev–Trinajstić information content (AvgIpc) is 3.34. The second kappa shape index (κ2) is 7.99. The lowest BCUT2D eigenvalue weighted by Crippen LogP contribution is -2.04. The van der Waals surface area contributed by atoms with Gasteiger partial charge in [-0.1, -0.05) is 12.1 Å². The quantitative estimate of drug-likeness (QED) is 0.476. The molecule has 3 heterocycles. The first-order chi connectivity index (χ1) is 13.7. The fourth-order valence-corrected chi connectivity index (χ4v) is 3.56. The van der Waals surface area contributed by atoms with Gasteiger partial charge < -0.3 is 9.46 Å². The van der Waals surface area contributed by atoms with Crippen molar-refractivity contribution >= 4 is 28.5 Å². The number of benzene rings is 1. The lowest BCUT2D eigenvalue weighted by Gasteiger charge is -2.08. The van der Waals surface area contributed by atoms with Crippen LogP contribution in [0.2, 0.25) is 0 Å². The molecule has 0 saturated heterocycles. The molecule has 0 radical (unpaired) electrons. The van der Waals surface area contributed by atoms with Gasteiger partial charge in [0.2, 0.25) is 0 Å². The topological polar surface area (TPSA) is 69.8 Å². The predicted molar refractivity (Wildman–Crippen MR) is 107 cm³/mol. The SMILES string of the molecule is COCC(F)c1ccnc(-n2cc(SNc3cccc4cnn(C)c34)cn2)c1. The minimum atomic E-state index is -1.20. The summed E-state index contributed by atoms with van der Waals surface area (Å²) in [5.41, 5.74) is 2.51.